The number of anilines is 1. The summed E-state index contributed by atoms with van der Waals surface area (Å²) in [6.45, 7) is 3.91. The van der Waals surface area contributed by atoms with E-state index in [0.717, 1.165) is 43.8 Å². The highest BCUT2D eigenvalue weighted by Gasteiger charge is 2.29. The zero-order valence-corrected chi connectivity index (χ0v) is 19.3. The number of sulfone groups is 1. The lowest BCUT2D eigenvalue weighted by molar-refractivity contribution is 0.212. The van der Waals surface area contributed by atoms with Gasteiger partial charge in [-0.2, -0.15) is 0 Å². The molecule has 0 aliphatic carbocycles. The standard InChI is InChI=1S/C24H25F2N3O3S/c1-3-4-16-11-27-24(28-12-16)29-13-17(14-29)15-32-23-8-5-18(9-22(23)26)20-7-6-19(10-21(20)25)33(2,30)31/h5-12,17H,3-4,13-15H2,1-2H3. The number of nitrogens with zero attached hydrogens (tertiary/aromatic N) is 3. The Bertz CT molecular complexity index is 1240. The van der Waals surface area contributed by atoms with Gasteiger partial charge in [-0.05, 0) is 41.8 Å². The van der Waals surface area contributed by atoms with Crippen LogP contribution in [0.5, 0.6) is 5.75 Å². The van der Waals surface area contributed by atoms with Crippen LogP contribution in [0.2, 0.25) is 0 Å². The minimum Gasteiger partial charge on any atom is -0.490 e. The van der Waals surface area contributed by atoms with Gasteiger partial charge in [0.2, 0.25) is 5.95 Å². The van der Waals surface area contributed by atoms with Crippen molar-refractivity contribution in [1.82, 2.24) is 9.97 Å². The lowest BCUT2D eigenvalue weighted by atomic mass is 10.0. The fraction of sp³-hybridized carbons (Fsp3) is 0.333. The molecule has 1 aliphatic heterocycles. The number of halogens is 2. The molecule has 0 atom stereocenters. The molecule has 0 radical (unpaired) electrons. The summed E-state index contributed by atoms with van der Waals surface area (Å²) in [5.74, 6) is -0.337. The molecule has 3 aromatic rings. The van der Waals surface area contributed by atoms with Gasteiger partial charge in [0.15, 0.2) is 21.4 Å². The lowest BCUT2D eigenvalue weighted by Crippen LogP contribution is -2.50. The smallest absolute Gasteiger partial charge is 0.225 e. The van der Waals surface area contributed by atoms with E-state index >= 15 is 0 Å². The van der Waals surface area contributed by atoms with E-state index in [1.165, 1.54) is 24.3 Å². The van der Waals surface area contributed by atoms with Crippen LogP contribution in [0.15, 0.2) is 53.7 Å². The molecule has 33 heavy (non-hydrogen) atoms. The zero-order valence-electron chi connectivity index (χ0n) is 18.5. The van der Waals surface area contributed by atoms with Gasteiger partial charge in [0.05, 0.1) is 11.5 Å². The molecule has 174 valence electrons. The van der Waals surface area contributed by atoms with E-state index in [0.29, 0.717) is 18.1 Å². The van der Waals surface area contributed by atoms with Gasteiger partial charge in [0, 0.05) is 43.2 Å². The summed E-state index contributed by atoms with van der Waals surface area (Å²) in [5, 5.41) is 0. The number of hydrogen-bond acceptors (Lipinski definition) is 6. The zero-order chi connectivity index (χ0) is 23.6. The fourth-order valence-electron chi connectivity index (χ4n) is 3.72. The Balaban J connectivity index is 1.34. The van der Waals surface area contributed by atoms with Crippen LogP contribution in [-0.4, -0.2) is 44.3 Å². The first-order chi connectivity index (χ1) is 15.7. The summed E-state index contributed by atoms with van der Waals surface area (Å²) >= 11 is 0. The van der Waals surface area contributed by atoms with Crippen LogP contribution in [-0.2, 0) is 16.3 Å². The molecule has 9 heteroatoms. The summed E-state index contributed by atoms with van der Waals surface area (Å²) in [6, 6.07) is 7.78. The maximum Gasteiger partial charge on any atom is 0.225 e. The maximum atomic E-state index is 14.6. The molecule has 1 aliphatic rings. The molecule has 0 spiro atoms. The minimum absolute atomic E-state index is 0.0885. The van der Waals surface area contributed by atoms with Crippen molar-refractivity contribution in [2.24, 2.45) is 5.92 Å². The number of hydrogen-bond donors (Lipinski definition) is 0. The molecule has 2 aromatic carbocycles. The molecular formula is C24H25F2N3O3S. The molecule has 1 saturated heterocycles. The van der Waals surface area contributed by atoms with E-state index in [9.17, 15) is 17.2 Å². The van der Waals surface area contributed by atoms with E-state index in [1.807, 2.05) is 17.3 Å². The fourth-order valence-corrected chi connectivity index (χ4v) is 4.35. The van der Waals surface area contributed by atoms with E-state index in [4.69, 9.17) is 4.74 Å². The Hall–Kier alpha value is -3.07. The van der Waals surface area contributed by atoms with Crippen LogP contribution in [0.3, 0.4) is 0 Å². The maximum absolute atomic E-state index is 14.6. The van der Waals surface area contributed by atoms with Crippen molar-refractivity contribution in [2.75, 3.05) is 30.9 Å². The number of ether oxygens (including phenoxy) is 1. The lowest BCUT2D eigenvalue weighted by Gasteiger charge is -2.38. The predicted octanol–water partition coefficient (Wildman–Crippen LogP) is 4.29. The van der Waals surface area contributed by atoms with Crippen LogP contribution < -0.4 is 9.64 Å². The molecule has 1 fully saturated rings. The monoisotopic (exact) mass is 473 g/mol. The number of rotatable bonds is 8. The van der Waals surface area contributed by atoms with Gasteiger partial charge >= 0.3 is 0 Å². The summed E-state index contributed by atoms with van der Waals surface area (Å²) < 4.78 is 57.8. The third-order valence-corrected chi connectivity index (χ3v) is 6.67. The van der Waals surface area contributed by atoms with Gasteiger partial charge in [0.1, 0.15) is 5.82 Å². The normalized spacial score (nSPS) is 14.2. The Labute approximate surface area is 192 Å². The molecule has 0 N–H and O–H groups in total. The van der Waals surface area contributed by atoms with Crippen LogP contribution >= 0.6 is 0 Å². The molecule has 2 heterocycles. The number of benzene rings is 2. The Morgan fingerprint density at radius 1 is 1.06 bits per heavy atom. The van der Waals surface area contributed by atoms with Crippen LogP contribution in [0.4, 0.5) is 14.7 Å². The Kier molecular flexibility index (Phi) is 6.60. The van der Waals surface area contributed by atoms with E-state index in [-0.39, 0.29) is 22.1 Å². The SMILES string of the molecule is CCCc1cnc(N2CC(COc3ccc(-c4ccc(S(C)(=O)=O)cc4F)cc3F)C2)nc1. The van der Waals surface area contributed by atoms with Crippen molar-refractivity contribution in [2.45, 2.75) is 24.7 Å². The first-order valence-corrected chi connectivity index (χ1v) is 12.6. The Morgan fingerprint density at radius 2 is 1.79 bits per heavy atom. The van der Waals surface area contributed by atoms with Gasteiger partial charge in [-0.1, -0.05) is 25.5 Å². The second-order valence-corrected chi connectivity index (χ2v) is 10.3. The van der Waals surface area contributed by atoms with Gasteiger partial charge < -0.3 is 9.64 Å². The highest BCUT2D eigenvalue weighted by Crippen LogP contribution is 2.30. The van der Waals surface area contributed by atoms with Crippen molar-refractivity contribution >= 4 is 15.8 Å². The third-order valence-electron chi connectivity index (χ3n) is 5.56. The van der Waals surface area contributed by atoms with Crippen LogP contribution in [0, 0.1) is 17.6 Å². The van der Waals surface area contributed by atoms with E-state index in [1.54, 1.807) is 6.07 Å². The predicted molar refractivity (Wildman–Crippen MR) is 122 cm³/mol. The van der Waals surface area contributed by atoms with Gasteiger partial charge in [-0.3, -0.25) is 0 Å². The first kappa shape index (κ1) is 23.1. The number of aryl methyl sites for hydroxylation is 1. The first-order valence-electron chi connectivity index (χ1n) is 10.7. The second-order valence-electron chi connectivity index (χ2n) is 8.28. The van der Waals surface area contributed by atoms with Gasteiger partial charge in [0.25, 0.3) is 0 Å². The van der Waals surface area contributed by atoms with Crippen LogP contribution in [0.1, 0.15) is 18.9 Å². The molecular weight excluding hydrogens is 448 g/mol. The molecule has 0 unspecified atom stereocenters. The van der Waals surface area contributed by atoms with Crippen LogP contribution in [0.25, 0.3) is 11.1 Å². The van der Waals surface area contributed by atoms with Crippen molar-refractivity contribution < 1.29 is 21.9 Å². The molecule has 0 saturated carbocycles. The number of aromatic nitrogens is 2. The summed E-state index contributed by atoms with van der Waals surface area (Å²) in [4.78, 5) is 10.7. The van der Waals surface area contributed by atoms with E-state index in [2.05, 4.69) is 16.9 Å². The van der Waals surface area contributed by atoms with E-state index < -0.39 is 21.5 Å². The second kappa shape index (κ2) is 9.43. The molecule has 6 nitrogen and oxygen atoms in total. The third kappa shape index (κ3) is 5.30. The summed E-state index contributed by atoms with van der Waals surface area (Å²) in [7, 11) is -3.52. The molecule has 0 bridgehead atoms. The molecule has 1 aromatic heterocycles. The minimum atomic E-state index is -3.52. The highest BCUT2D eigenvalue weighted by atomic mass is 32.2. The average Bonchev–Trinajstić information content (AvgIpc) is 2.74. The highest BCUT2D eigenvalue weighted by molar-refractivity contribution is 7.90. The van der Waals surface area contributed by atoms with Crippen molar-refractivity contribution in [3.8, 4) is 16.9 Å². The Morgan fingerprint density at radius 3 is 2.39 bits per heavy atom. The largest absolute Gasteiger partial charge is 0.490 e. The van der Waals surface area contributed by atoms with Gasteiger partial charge in [-0.25, -0.2) is 27.2 Å². The van der Waals surface area contributed by atoms with Crippen molar-refractivity contribution in [3.05, 3.63) is 66.0 Å². The molecule has 4 rings (SSSR count). The quantitative estimate of drug-likeness (QED) is 0.486. The summed E-state index contributed by atoms with van der Waals surface area (Å²) in [6.07, 6.45) is 6.71. The van der Waals surface area contributed by atoms with Crippen molar-refractivity contribution in [1.29, 1.82) is 0 Å². The molecule has 0 amide bonds. The average molecular weight is 474 g/mol. The van der Waals surface area contributed by atoms with Crippen molar-refractivity contribution in [3.63, 3.8) is 0 Å². The summed E-state index contributed by atoms with van der Waals surface area (Å²) in [5.41, 5.74) is 1.54. The topological polar surface area (TPSA) is 72.4 Å². The van der Waals surface area contributed by atoms with Gasteiger partial charge in [-0.15, -0.1) is 0 Å².